The molecule has 1 fully saturated rings. The predicted octanol–water partition coefficient (Wildman–Crippen LogP) is 9.05. The molecule has 0 radical (unpaired) electrons. The highest BCUT2D eigenvalue weighted by Crippen LogP contribution is 2.68. The minimum absolute atomic E-state index is 0.0380. The van der Waals surface area contributed by atoms with Crippen molar-refractivity contribution in [2.75, 3.05) is 31.8 Å². The Morgan fingerprint density at radius 3 is 1.53 bits per heavy atom. The van der Waals surface area contributed by atoms with Gasteiger partial charge in [-0.25, -0.2) is 3.63 Å². The topological polar surface area (TPSA) is 61.8 Å². The number of methoxy groups -OCH3 is 1. The van der Waals surface area contributed by atoms with Gasteiger partial charge in [0.25, 0.3) is 0 Å². The van der Waals surface area contributed by atoms with E-state index in [1.54, 1.807) is 0 Å². The van der Waals surface area contributed by atoms with Crippen molar-refractivity contribution in [2.24, 2.45) is 0 Å². The molecule has 2 aromatic carbocycles. The lowest BCUT2D eigenvalue weighted by atomic mass is 9.91. The predicted molar refractivity (Wildman–Crippen MR) is 137 cm³/mol. The number of alkyl halides is 17. The van der Waals surface area contributed by atoms with E-state index in [1.807, 2.05) is 0 Å². The molecule has 0 bridgehead atoms. The Kier molecular flexibility index (Phi) is 10.6. The number of hydrogen-bond acceptors (Lipinski definition) is 5. The van der Waals surface area contributed by atoms with Gasteiger partial charge in [0.15, 0.2) is 0 Å². The summed E-state index contributed by atoms with van der Waals surface area (Å²) in [6.45, 7) is -0.0182. The van der Waals surface area contributed by atoms with Crippen molar-refractivity contribution >= 4 is 31.2 Å². The van der Waals surface area contributed by atoms with Crippen molar-refractivity contribution < 1.29 is 96.2 Å². The minimum Gasteiger partial charge on any atom is -0.491 e. The summed E-state index contributed by atoms with van der Waals surface area (Å²) in [4.78, 5) is -0.319. The third-order valence-corrected chi connectivity index (χ3v) is 12.9. The van der Waals surface area contributed by atoms with E-state index in [1.165, 1.54) is 31.4 Å². The minimum atomic E-state index is -8.92. The average molecular weight is 789 g/mol. The molecule has 24 heteroatoms. The first-order chi connectivity index (χ1) is 22.0. The largest absolute Gasteiger partial charge is 0.491 e. The van der Waals surface area contributed by atoms with Gasteiger partial charge in [-0.1, -0.05) is 34.6 Å². The molecule has 0 N–H and O–H groups in total. The van der Waals surface area contributed by atoms with E-state index in [4.69, 9.17) is 9.47 Å². The van der Waals surface area contributed by atoms with Crippen LogP contribution in [0.5, 0.6) is 5.75 Å². The maximum Gasteiger partial charge on any atom is 0.460 e. The summed E-state index contributed by atoms with van der Waals surface area (Å²) in [5.74, 6) is -53.2. The quantitative estimate of drug-likeness (QED) is 0.141. The van der Waals surface area contributed by atoms with E-state index in [2.05, 4.69) is 3.63 Å². The van der Waals surface area contributed by atoms with Crippen LogP contribution in [0.2, 0.25) is 0 Å². The zero-order valence-electron chi connectivity index (χ0n) is 24.0. The lowest BCUT2D eigenvalue weighted by Crippen LogP contribution is -2.75. The Hall–Kier alpha value is -2.47. The molecule has 0 spiro atoms. The molecule has 1 aliphatic heterocycles. The summed E-state index contributed by atoms with van der Waals surface area (Å²) < 4.78 is 274. The number of hydrogen-bond donors (Lipinski definition) is 0. The average Bonchev–Trinajstić information content (AvgIpc) is 3.44. The summed E-state index contributed by atoms with van der Waals surface area (Å²) in [5.41, 5.74) is 0. The summed E-state index contributed by atoms with van der Waals surface area (Å²) in [7, 11) is -10.3. The van der Waals surface area contributed by atoms with Crippen LogP contribution in [0.4, 0.5) is 74.6 Å². The van der Waals surface area contributed by atoms with Gasteiger partial charge in [0.05, 0.1) is 6.61 Å². The van der Waals surface area contributed by atoms with Crippen LogP contribution < -0.4 is 4.74 Å². The summed E-state index contributed by atoms with van der Waals surface area (Å²) in [6, 6.07) is 7.45. The zero-order valence-corrected chi connectivity index (χ0v) is 25.6. The number of rotatable bonds is 14. The van der Waals surface area contributed by atoms with Gasteiger partial charge >= 0.3 is 57.1 Å². The molecule has 1 saturated heterocycles. The molecule has 49 heavy (non-hydrogen) atoms. The summed E-state index contributed by atoms with van der Waals surface area (Å²) >= 11 is 0. The van der Waals surface area contributed by atoms with Crippen LogP contribution in [0, 0.1) is 0 Å². The molecular weight excluding hydrogens is 767 g/mol. The molecule has 1 aliphatic rings. The highest BCUT2D eigenvalue weighted by atomic mass is 32.3. The van der Waals surface area contributed by atoms with Gasteiger partial charge in [-0.3, -0.25) is 0 Å². The van der Waals surface area contributed by atoms with Gasteiger partial charge < -0.3 is 9.47 Å². The standard InChI is InChI=1S/C25H21F17O5S2/c1-45-10-11-46-16-8-9-17(15-7-3-2-6-14(15)16)48(12-4-5-13-48)47-49(43,44)25(41,42)23(36,37)21(32,33)19(28,29)18(26,27)20(30,31)22(34,35)24(38,39)40/h2-3,6-9H,4-5,10-13H2,1H3. The highest BCUT2D eigenvalue weighted by molar-refractivity contribution is 8.33. The van der Waals surface area contributed by atoms with Gasteiger partial charge in [-0.05, 0) is 30.4 Å². The van der Waals surface area contributed by atoms with Crippen LogP contribution in [0.3, 0.4) is 0 Å². The summed E-state index contributed by atoms with van der Waals surface area (Å²) in [5, 5.41) is -7.67. The first kappa shape index (κ1) is 41.0. The van der Waals surface area contributed by atoms with Crippen molar-refractivity contribution in [3.8, 4) is 5.75 Å². The fourth-order valence-electron chi connectivity index (χ4n) is 4.55. The Labute approximate surface area is 266 Å². The third-order valence-electron chi connectivity index (χ3n) is 7.22. The molecule has 5 nitrogen and oxygen atoms in total. The fraction of sp³-hybridized carbons (Fsp3) is 0.600. The molecule has 1 heterocycles. The molecule has 0 atom stereocenters. The van der Waals surface area contributed by atoms with Crippen LogP contribution in [0.15, 0.2) is 41.3 Å². The van der Waals surface area contributed by atoms with Crippen molar-refractivity contribution in [1.82, 2.24) is 0 Å². The van der Waals surface area contributed by atoms with E-state index in [-0.39, 0.29) is 47.5 Å². The fourth-order valence-corrected chi connectivity index (χ4v) is 10.4. The van der Waals surface area contributed by atoms with Crippen molar-refractivity contribution in [3.63, 3.8) is 0 Å². The van der Waals surface area contributed by atoms with Crippen LogP contribution in [-0.2, 0) is 18.5 Å². The van der Waals surface area contributed by atoms with Gasteiger partial charge in [0.2, 0.25) is 0 Å². The molecule has 0 amide bonds. The first-order valence-corrected chi connectivity index (χ1v) is 16.3. The number of benzene rings is 2. The van der Waals surface area contributed by atoms with Gasteiger partial charge in [0, 0.05) is 28.9 Å². The Morgan fingerprint density at radius 2 is 1.06 bits per heavy atom. The van der Waals surface area contributed by atoms with Crippen molar-refractivity contribution in [3.05, 3.63) is 36.4 Å². The maximum atomic E-state index is 14.9. The summed E-state index contributed by atoms with van der Waals surface area (Å²) in [6.07, 6.45) is -8.11. The lowest BCUT2D eigenvalue weighted by Gasteiger charge is -2.43. The van der Waals surface area contributed by atoms with E-state index < -0.39 is 78.9 Å². The second-order valence-electron chi connectivity index (χ2n) is 10.4. The number of fused-ring (bicyclic) bond motifs is 1. The molecule has 0 unspecified atom stereocenters. The van der Waals surface area contributed by atoms with Gasteiger partial charge in [-0.2, -0.15) is 83.1 Å². The van der Waals surface area contributed by atoms with E-state index in [9.17, 15) is 83.1 Å². The second kappa shape index (κ2) is 12.6. The smallest absolute Gasteiger partial charge is 0.460 e. The number of halogens is 17. The maximum absolute atomic E-state index is 14.9. The molecule has 282 valence electrons. The SMILES string of the molecule is COCCOc1ccc(S2(OS(=O)(=O)C(F)(F)C(F)(F)C(F)(F)C(F)(F)C(F)(F)C(F)(F)C(F)(F)C(F)(F)F)CCCC2)c2ccccc12. The Bertz CT molecular complexity index is 1620. The van der Waals surface area contributed by atoms with E-state index in [0.717, 1.165) is 12.1 Å². The molecule has 3 rings (SSSR count). The highest BCUT2D eigenvalue weighted by Gasteiger charge is 2.96. The second-order valence-corrected chi connectivity index (χ2v) is 15.2. The van der Waals surface area contributed by atoms with Gasteiger partial charge in [0.1, 0.15) is 12.4 Å². The van der Waals surface area contributed by atoms with Crippen LogP contribution in [0.1, 0.15) is 12.8 Å². The Morgan fingerprint density at radius 1 is 0.612 bits per heavy atom. The molecular formula is C25H21F17O5S2. The van der Waals surface area contributed by atoms with Gasteiger partial charge in [-0.15, -0.1) is 0 Å². The van der Waals surface area contributed by atoms with Crippen molar-refractivity contribution in [2.45, 2.75) is 64.7 Å². The molecule has 0 aliphatic carbocycles. The molecule has 0 aromatic heterocycles. The van der Waals surface area contributed by atoms with Crippen molar-refractivity contribution in [1.29, 1.82) is 0 Å². The molecule has 2 aromatic rings. The van der Waals surface area contributed by atoms with Crippen LogP contribution >= 0.6 is 10.3 Å². The normalized spacial score (nSPS) is 18.2. The lowest BCUT2D eigenvalue weighted by molar-refractivity contribution is -0.458. The van der Waals surface area contributed by atoms with E-state index >= 15 is 0 Å². The van der Waals surface area contributed by atoms with E-state index in [0.29, 0.717) is 0 Å². The van der Waals surface area contributed by atoms with Crippen LogP contribution in [0.25, 0.3) is 10.8 Å². The third kappa shape index (κ3) is 6.04. The monoisotopic (exact) mass is 788 g/mol. The Balaban J connectivity index is 2.13. The molecule has 0 saturated carbocycles. The number of ether oxygens (including phenoxy) is 2. The van der Waals surface area contributed by atoms with Crippen LogP contribution in [-0.4, -0.2) is 87.2 Å². The zero-order chi connectivity index (χ0) is 37.9. The first-order valence-electron chi connectivity index (χ1n) is 13.0.